The summed E-state index contributed by atoms with van der Waals surface area (Å²) in [5.74, 6) is 0. The maximum absolute atomic E-state index is 10.8. The second kappa shape index (κ2) is 3.86. The molecule has 1 aliphatic rings. The third kappa shape index (κ3) is 1.78. The summed E-state index contributed by atoms with van der Waals surface area (Å²) in [5, 5.41) is 17.2. The second-order valence-electron chi connectivity index (χ2n) is 3.60. The quantitative estimate of drug-likeness (QED) is 0.543. The van der Waals surface area contributed by atoms with Crippen LogP contribution >= 0.6 is 0 Å². The zero-order valence-electron chi connectivity index (χ0n) is 8.49. The number of hydrogen-bond donors (Lipinski definition) is 2. The van der Waals surface area contributed by atoms with E-state index in [2.05, 4.69) is 10.6 Å². The number of rotatable bonds is 1. The van der Waals surface area contributed by atoms with Crippen molar-refractivity contribution in [3.05, 3.63) is 33.9 Å². The molecule has 1 aromatic rings. The van der Waals surface area contributed by atoms with Gasteiger partial charge in [-0.25, -0.2) is 0 Å². The summed E-state index contributed by atoms with van der Waals surface area (Å²) < 4.78 is 0. The highest BCUT2D eigenvalue weighted by Crippen LogP contribution is 2.32. The Morgan fingerprint density at radius 3 is 3.00 bits per heavy atom. The lowest BCUT2D eigenvalue weighted by Gasteiger charge is -2.12. The molecule has 0 fully saturated rings. The van der Waals surface area contributed by atoms with Crippen LogP contribution in [0.3, 0.4) is 0 Å². The van der Waals surface area contributed by atoms with Crippen molar-refractivity contribution in [2.75, 3.05) is 18.4 Å². The van der Waals surface area contributed by atoms with Gasteiger partial charge in [0.2, 0.25) is 0 Å². The largest absolute Gasteiger partial charge is 0.378 e. The first-order chi connectivity index (χ1) is 7.20. The van der Waals surface area contributed by atoms with Crippen LogP contribution in [0.2, 0.25) is 0 Å². The molecule has 0 aliphatic carbocycles. The van der Waals surface area contributed by atoms with E-state index >= 15 is 0 Å². The van der Waals surface area contributed by atoms with Crippen LogP contribution in [0.15, 0.2) is 18.2 Å². The summed E-state index contributed by atoms with van der Waals surface area (Å²) in [6.07, 6.45) is 0. The Morgan fingerprint density at radius 2 is 2.27 bits per heavy atom. The van der Waals surface area contributed by atoms with Crippen LogP contribution in [-0.2, 0) is 0 Å². The molecule has 0 saturated carbocycles. The van der Waals surface area contributed by atoms with Gasteiger partial charge in [0.15, 0.2) is 0 Å². The Labute approximate surface area is 87.6 Å². The van der Waals surface area contributed by atoms with Gasteiger partial charge in [-0.2, -0.15) is 0 Å². The van der Waals surface area contributed by atoms with Gasteiger partial charge in [0, 0.05) is 25.2 Å². The highest BCUT2D eigenvalue weighted by Gasteiger charge is 2.21. The molecule has 5 heteroatoms. The SMILES string of the molecule is CC1NCCNc2c1cccc2[N+](=O)[O-]. The normalized spacial score (nSPS) is 19.9. The van der Waals surface area contributed by atoms with Gasteiger partial charge in [0.25, 0.3) is 5.69 Å². The molecule has 0 bridgehead atoms. The van der Waals surface area contributed by atoms with Gasteiger partial charge < -0.3 is 10.6 Å². The number of para-hydroxylation sites is 1. The number of nitrogens with zero attached hydrogens (tertiary/aromatic N) is 1. The molecule has 1 atom stereocenters. The van der Waals surface area contributed by atoms with Crippen molar-refractivity contribution < 1.29 is 4.92 Å². The van der Waals surface area contributed by atoms with Crippen LogP contribution in [0.25, 0.3) is 0 Å². The molecular formula is C10H13N3O2. The van der Waals surface area contributed by atoms with Crippen molar-refractivity contribution in [1.29, 1.82) is 0 Å². The van der Waals surface area contributed by atoms with Gasteiger partial charge in [-0.3, -0.25) is 10.1 Å². The van der Waals surface area contributed by atoms with E-state index in [4.69, 9.17) is 0 Å². The molecule has 0 spiro atoms. The Bertz CT molecular complexity index is 392. The van der Waals surface area contributed by atoms with E-state index in [1.54, 1.807) is 6.07 Å². The zero-order chi connectivity index (χ0) is 10.8. The van der Waals surface area contributed by atoms with Crippen LogP contribution in [0, 0.1) is 10.1 Å². The van der Waals surface area contributed by atoms with Crippen molar-refractivity contribution in [3.63, 3.8) is 0 Å². The molecule has 15 heavy (non-hydrogen) atoms. The highest BCUT2D eigenvalue weighted by molar-refractivity contribution is 5.67. The lowest BCUT2D eigenvalue weighted by molar-refractivity contribution is -0.384. The van der Waals surface area contributed by atoms with Crippen LogP contribution in [-0.4, -0.2) is 18.0 Å². The predicted molar refractivity (Wildman–Crippen MR) is 58.0 cm³/mol. The summed E-state index contributed by atoms with van der Waals surface area (Å²) in [6, 6.07) is 5.32. The summed E-state index contributed by atoms with van der Waals surface area (Å²) in [4.78, 5) is 10.5. The van der Waals surface area contributed by atoms with Crippen LogP contribution in [0.1, 0.15) is 18.5 Å². The molecule has 5 nitrogen and oxygen atoms in total. The molecule has 0 amide bonds. The van der Waals surface area contributed by atoms with Gasteiger partial charge in [0.05, 0.1) is 4.92 Å². The van der Waals surface area contributed by atoms with Crippen LogP contribution in [0.5, 0.6) is 0 Å². The molecule has 2 N–H and O–H groups in total. The fourth-order valence-corrected chi connectivity index (χ4v) is 1.85. The Kier molecular flexibility index (Phi) is 2.55. The van der Waals surface area contributed by atoms with E-state index in [0.29, 0.717) is 12.2 Å². The van der Waals surface area contributed by atoms with Crippen molar-refractivity contribution >= 4 is 11.4 Å². The van der Waals surface area contributed by atoms with Crippen LogP contribution < -0.4 is 10.6 Å². The predicted octanol–water partition coefficient (Wildman–Crippen LogP) is 1.67. The number of nitrogens with one attached hydrogen (secondary N) is 2. The number of fused-ring (bicyclic) bond motifs is 1. The number of benzene rings is 1. The van der Waals surface area contributed by atoms with E-state index in [1.807, 2.05) is 13.0 Å². The van der Waals surface area contributed by atoms with Gasteiger partial charge >= 0.3 is 0 Å². The minimum absolute atomic E-state index is 0.148. The number of nitro groups is 1. The summed E-state index contributed by atoms with van der Waals surface area (Å²) in [6.45, 7) is 3.53. The average Bonchev–Trinajstić information content (AvgIpc) is 2.40. The minimum Gasteiger partial charge on any atom is -0.378 e. The van der Waals surface area contributed by atoms with E-state index < -0.39 is 0 Å². The van der Waals surface area contributed by atoms with Gasteiger partial charge in [-0.05, 0) is 12.5 Å². The third-order valence-electron chi connectivity index (χ3n) is 2.62. The fraction of sp³-hybridized carbons (Fsp3) is 0.400. The first-order valence-electron chi connectivity index (χ1n) is 4.94. The van der Waals surface area contributed by atoms with Gasteiger partial charge in [0.1, 0.15) is 5.69 Å². The van der Waals surface area contributed by atoms with Gasteiger partial charge in [-0.15, -0.1) is 0 Å². The van der Waals surface area contributed by atoms with Crippen molar-refractivity contribution in [3.8, 4) is 0 Å². The minimum atomic E-state index is -0.343. The maximum atomic E-state index is 10.8. The molecule has 0 aromatic heterocycles. The monoisotopic (exact) mass is 207 g/mol. The summed E-state index contributed by atoms with van der Waals surface area (Å²) in [7, 11) is 0. The summed E-state index contributed by atoms with van der Waals surface area (Å²) >= 11 is 0. The molecule has 0 saturated heterocycles. The van der Waals surface area contributed by atoms with E-state index in [-0.39, 0.29) is 16.7 Å². The Balaban J connectivity index is 2.53. The number of anilines is 1. The molecule has 1 aliphatic heterocycles. The molecule has 0 radical (unpaired) electrons. The Hall–Kier alpha value is -1.62. The molecule has 1 heterocycles. The van der Waals surface area contributed by atoms with Crippen molar-refractivity contribution in [1.82, 2.24) is 5.32 Å². The number of hydrogen-bond acceptors (Lipinski definition) is 4. The first kappa shape index (κ1) is 9.92. The third-order valence-corrected chi connectivity index (χ3v) is 2.62. The molecule has 1 unspecified atom stereocenters. The lowest BCUT2D eigenvalue weighted by atomic mass is 10.1. The molecule has 1 aromatic carbocycles. The highest BCUT2D eigenvalue weighted by atomic mass is 16.6. The first-order valence-corrected chi connectivity index (χ1v) is 4.94. The Morgan fingerprint density at radius 1 is 1.47 bits per heavy atom. The molecule has 80 valence electrons. The van der Waals surface area contributed by atoms with E-state index in [0.717, 1.165) is 12.1 Å². The van der Waals surface area contributed by atoms with Crippen molar-refractivity contribution in [2.45, 2.75) is 13.0 Å². The van der Waals surface area contributed by atoms with E-state index in [9.17, 15) is 10.1 Å². The standard InChI is InChI=1S/C10H13N3O2/c1-7-8-3-2-4-9(13(14)15)10(8)12-6-5-11-7/h2-4,7,11-12H,5-6H2,1H3. The van der Waals surface area contributed by atoms with Crippen LogP contribution in [0.4, 0.5) is 11.4 Å². The lowest BCUT2D eigenvalue weighted by Crippen LogP contribution is -2.20. The van der Waals surface area contributed by atoms with E-state index in [1.165, 1.54) is 6.07 Å². The fourth-order valence-electron chi connectivity index (χ4n) is 1.85. The second-order valence-corrected chi connectivity index (χ2v) is 3.60. The number of nitro benzene ring substituents is 1. The topological polar surface area (TPSA) is 67.2 Å². The summed E-state index contributed by atoms with van der Waals surface area (Å²) in [5.41, 5.74) is 1.77. The smallest absolute Gasteiger partial charge is 0.292 e. The molecular weight excluding hydrogens is 194 g/mol. The van der Waals surface area contributed by atoms with Crippen molar-refractivity contribution in [2.24, 2.45) is 0 Å². The average molecular weight is 207 g/mol. The molecule has 2 rings (SSSR count). The maximum Gasteiger partial charge on any atom is 0.292 e. The van der Waals surface area contributed by atoms with Gasteiger partial charge in [-0.1, -0.05) is 12.1 Å². The zero-order valence-corrected chi connectivity index (χ0v) is 8.49.